The lowest BCUT2D eigenvalue weighted by Crippen LogP contribution is -2.10. The standard InChI is InChI=1S/C15H10N4O/c20-14(7-6-11-4-2-1-3-5-11)19-13-10-17-15-12(18-13)8-9-16-15/h1-5,8-10H,(H,16,17)(H,18,19,20). The van der Waals surface area contributed by atoms with Gasteiger partial charge in [-0.2, -0.15) is 0 Å². The molecule has 0 aliphatic rings. The van der Waals surface area contributed by atoms with E-state index in [1.165, 1.54) is 6.20 Å². The van der Waals surface area contributed by atoms with Gasteiger partial charge in [-0.05, 0) is 18.2 Å². The molecule has 0 aliphatic heterocycles. The van der Waals surface area contributed by atoms with Gasteiger partial charge in [-0.15, -0.1) is 0 Å². The number of hydrogen-bond acceptors (Lipinski definition) is 3. The van der Waals surface area contributed by atoms with Gasteiger partial charge in [0.2, 0.25) is 0 Å². The van der Waals surface area contributed by atoms with Crippen LogP contribution in [0.3, 0.4) is 0 Å². The molecule has 1 aromatic carbocycles. The fourth-order valence-electron chi connectivity index (χ4n) is 1.69. The van der Waals surface area contributed by atoms with E-state index in [1.807, 2.05) is 30.3 Å². The van der Waals surface area contributed by atoms with E-state index in [4.69, 9.17) is 0 Å². The van der Waals surface area contributed by atoms with E-state index in [0.29, 0.717) is 17.0 Å². The van der Waals surface area contributed by atoms with Crippen LogP contribution in [0.1, 0.15) is 5.56 Å². The highest BCUT2D eigenvalue weighted by Crippen LogP contribution is 2.09. The van der Waals surface area contributed by atoms with Gasteiger partial charge in [0.15, 0.2) is 11.5 Å². The Morgan fingerprint density at radius 1 is 1.20 bits per heavy atom. The number of amides is 1. The summed E-state index contributed by atoms with van der Waals surface area (Å²) in [5.74, 6) is 5.25. The third kappa shape index (κ3) is 2.65. The van der Waals surface area contributed by atoms with Crippen LogP contribution >= 0.6 is 0 Å². The highest BCUT2D eigenvalue weighted by Gasteiger charge is 2.02. The molecule has 0 fully saturated rings. The van der Waals surface area contributed by atoms with Crippen molar-refractivity contribution in [1.29, 1.82) is 0 Å². The van der Waals surface area contributed by atoms with Crippen molar-refractivity contribution in [3.63, 3.8) is 0 Å². The molecular weight excluding hydrogens is 252 g/mol. The number of aromatic nitrogens is 3. The Kier molecular flexibility index (Phi) is 3.13. The number of carbonyl (C=O) groups is 1. The van der Waals surface area contributed by atoms with Crippen molar-refractivity contribution >= 4 is 22.9 Å². The first-order valence-corrected chi connectivity index (χ1v) is 5.99. The maximum Gasteiger partial charge on any atom is 0.301 e. The Labute approximate surface area is 115 Å². The van der Waals surface area contributed by atoms with Gasteiger partial charge in [0, 0.05) is 17.7 Å². The lowest BCUT2D eigenvalue weighted by molar-refractivity contribution is -0.111. The second-order valence-electron chi connectivity index (χ2n) is 4.04. The van der Waals surface area contributed by atoms with Crippen LogP contribution in [0.4, 0.5) is 5.82 Å². The molecule has 0 saturated carbocycles. The molecule has 0 atom stereocenters. The topological polar surface area (TPSA) is 70.7 Å². The average molecular weight is 262 g/mol. The Hall–Kier alpha value is -3.13. The summed E-state index contributed by atoms with van der Waals surface area (Å²) in [4.78, 5) is 23.0. The number of anilines is 1. The van der Waals surface area contributed by atoms with Crippen LogP contribution in [0.2, 0.25) is 0 Å². The van der Waals surface area contributed by atoms with Crippen LogP contribution in [-0.4, -0.2) is 20.9 Å². The molecule has 0 radical (unpaired) electrons. The molecule has 3 rings (SSSR count). The van der Waals surface area contributed by atoms with Crippen LogP contribution in [-0.2, 0) is 4.79 Å². The minimum Gasteiger partial charge on any atom is -0.345 e. The fraction of sp³-hybridized carbons (Fsp3) is 0. The number of nitrogens with one attached hydrogen (secondary N) is 2. The summed E-state index contributed by atoms with van der Waals surface area (Å²) in [7, 11) is 0. The second-order valence-corrected chi connectivity index (χ2v) is 4.04. The minimum atomic E-state index is -0.418. The number of benzene rings is 1. The quantitative estimate of drug-likeness (QED) is 0.658. The van der Waals surface area contributed by atoms with Gasteiger partial charge in [-0.25, -0.2) is 9.97 Å². The van der Waals surface area contributed by atoms with Gasteiger partial charge in [0.25, 0.3) is 0 Å². The molecule has 2 aromatic heterocycles. The Morgan fingerprint density at radius 3 is 2.90 bits per heavy atom. The zero-order valence-electron chi connectivity index (χ0n) is 10.4. The van der Waals surface area contributed by atoms with Gasteiger partial charge in [0.1, 0.15) is 5.52 Å². The van der Waals surface area contributed by atoms with E-state index in [9.17, 15) is 4.79 Å². The lowest BCUT2D eigenvalue weighted by Gasteiger charge is -1.98. The maximum atomic E-state index is 11.7. The van der Waals surface area contributed by atoms with Crippen molar-refractivity contribution in [1.82, 2.24) is 15.0 Å². The van der Waals surface area contributed by atoms with E-state index in [1.54, 1.807) is 12.3 Å². The summed E-state index contributed by atoms with van der Waals surface area (Å²) in [6.45, 7) is 0. The van der Waals surface area contributed by atoms with Gasteiger partial charge >= 0.3 is 5.91 Å². The first-order chi connectivity index (χ1) is 9.81. The molecule has 5 heteroatoms. The second kappa shape index (κ2) is 5.24. The van der Waals surface area contributed by atoms with Crippen molar-refractivity contribution in [3.05, 3.63) is 54.4 Å². The molecule has 0 unspecified atom stereocenters. The largest absolute Gasteiger partial charge is 0.345 e. The minimum absolute atomic E-state index is 0.379. The fourth-order valence-corrected chi connectivity index (χ4v) is 1.69. The zero-order valence-corrected chi connectivity index (χ0v) is 10.4. The predicted molar refractivity (Wildman–Crippen MR) is 75.8 cm³/mol. The molecule has 96 valence electrons. The van der Waals surface area contributed by atoms with Crippen molar-refractivity contribution < 1.29 is 4.79 Å². The summed E-state index contributed by atoms with van der Waals surface area (Å²) in [6, 6.07) is 11.1. The third-order valence-electron chi connectivity index (χ3n) is 2.60. The smallest absolute Gasteiger partial charge is 0.301 e. The molecule has 3 aromatic rings. The van der Waals surface area contributed by atoms with Crippen LogP contribution in [0.15, 0.2) is 48.8 Å². The van der Waals surface area contributed by atoms with Gasteiger partial charge in [0.05, 0.1) is 6.20 Å². The van der Waals surface area contributed by atoms with Crippen LogP contribution in [0.25, 0.3) is 11.2 Å². The highest BCUT2D eigenvalue weighted by molar-refractivity contribution is 6.04. The number of hydrogen-bond donors (Lipinski definition) is 2. The summed E-state index contributed by atoms with van der Waals surface area (Å²) in [6.07, 6.45) is 3.23. The normalized spacial score (nSPS) is 9.80. The Morgan fingerprint density at radius 2 is 2.05 bits per heavy atom. The molecule has 2 heterocycles. The van der Waals surface area contributed by atoms with Crippen molar-refractivity contribution in [2.75, 3.05) is 5.32 Å². The Balaban J connectivity index is 1.74. The predicted octanol–water partition coefficient (Wildman–Crippen LogP) is 1.95. The van der Waals surface area contributed by atoms with Gasteiger partial charge in [-0.1, -0.05) is 24.1 Å². The molecule has 1 amide bonds. The zero-order chi connectivity index (χ0) is 13.8. The molecule has 2 N–H and O–H groups in total. The van der Waals surface area contributed by atoms with Crippen molar-refractivity contribution in [2.45, 2.75) is 0 Å². The molecule has 0 saturated heterocycles. The molecule has 0 aliphatic carbocycles. The number of fused-ring (bicyclic) bond motifs is 1. The highest BCUT2D eigenvalue weighted by atomic mass is 16.1. The summed E-state index contributed by atoms with van der Waals surface area (Å²) < 4.78 is 0. The number of aromatic amines is 1. The first-order valence-electron chi connectivity index (χ1n) is 5.99. The summed E-state index contributed by atoms with van der Waals surface area (Å²) in [5.41, 5.74) is 2.16. The van der Waals surface area contributed by atoms with Crippen LogP contribution in [0.5, 0.6) is 0 Å². The van der Waals surface area contributed by atoms with E-state index < -0.39 is 5.91 Å². The monoisotopic (exact) mass is 262 g/mol. The van der Waals surface area contributed by atoms with Gasteiger partial charge < -0.3 is 4.98 Å². The molecule has 0 spiro atoms. The number of rotatable bonds is 1. The SMILES string of the molecule is O=C(C#Cc1ccccc1)Nc1cnc2[nH]ccc2n1. The summed E-state index contributed by atoms with van der Waals surface area (Å²) >= 11 is 0. The third-order valence-corrected chi connectivity index (χ3v) is 2.60. The summed E-state index contributed by atoms with van der Waals surface area (Å²) in [5, 5.41) is 2.59. The van der Waals surface area contributed by atoms with E-state index >= 15 is 0 Å². The molecular formula is C15H10N4O. The molecule has 20 heavy (non-hydrogen) atoms. The van der Waals surface area contributed by atoms with E-state index in [2.05, 4.69) is 32.1 Å². The van der Waals surface area contributed by atoms with Crippen LogP contribution < -0.4 is 5.32 Å². The van der Waals surface area contributed by atoms with Crippen molar-refractivity contribution in [2.24, 2.45) is 0 Å². The van der Waals surface area contributed by atoms with Crippen molar-refractivity contribution in [3.8, 4) is 11.8 Å². The number of nitrogens with zero attached hydrogens (tertiary/aromatic N) is 2. The molecule has 0 bridgehead atoms. The number of carbonyl (C=O) groups excluding carboxylic acids is 1. The number of H-pyrrole nitrogens is 1. The maximum absolute atomic E-state index is 11.7. The van der Waals surface area contributed by atoms with Gasteiger partial charge in [-0.3, -0.25) is 10.1 Å². The van der Waals surface area contributed by atoms with E-state index in [-0.39, 0.29) is 0 Å². The average Bonchev–Trinajstić information content (AvgIpc) is 2.94. The first kappa shape index (κ1) is 11.9. The Bertz CT molecular complexity index is 812. The van der Waals surface area contributed by atoms with Crippen LogP contribution in [0, 0.1) is 11.8 Å². The lowest BCUT2D eigenvalue weighted by atomic mass is 10.2. The molecule has 5 nitrogen and oxygen atoms in total. The van der Waals surface area contributed by atoms with E-state index in [0.717, 1.165) is 5.56 Å².